The summed E-state index contributed by atoms with van der Waals surface area (Å²) in [5.41, 5.74) is 2.72. The highest BCUT2D eigenvalue weighted by molar-refractivity contribution is 6.36. The van der Waals surface area contributed by atoms with E-state index in [4.69, 9.17) is 23.2 Å². The maximum atomic E-state index is 12.5. The number of fused-ring (bicyclic) bond motifs is 1. The van der Waals surface area contributed by atoms with Gasteiger partial charge in [0.1, 0.15) is 5.82 Å². The second-order valence-electron chi connectivity index (χ2n) is 6.16. The van der Waals surface area contributed by atoms with E-state index < -0.39 is 0 Å². The van der Waals surface area contributed by atoms with Crippen molar-refractivity contribution >= 4 is 45.8 Å². The van der Waals surface area contributed by atoms with Crippen LogP contribution in [0.2, 0.25) is 10.0 Å². The second-order valence-corrected chi connectivity index (χ2v) is 6.97. The third-order valence-corrected chi connectivity index (χ3v) is 5.09. The molecule has 0 saturated heterocycles. The maximum absolute atomic E-state index is 12.5. The van der Waals surface area contributed by atoms with Crippen LogP contribution >= 0.6 is 23.2 Å². The number of H-pyrrole nitrogens is 1. The van der Waals surface area contributed by atoms with Crippen molar-refractivity contribution in [3.63, 3.8) is 0 Å². The molecule has 0 atom stereocenters. The molecule has 2 aromatic heterocycles. The Bertz CT molecular complexity index is 1100. The second kappa shape index (κ2) is 7.47. The van der Waals surface area contributed by atoms with Crippen LogP contribution in [0.5, 0.6) is 0 Å². The number of rotatable bonds is 5. The first kappa shape index (κ1) is 17.6. The van der Waals surface area contributed by atoms with E-state index in [2.05, 4.69) is 15.4 Å². The molecular formula is C20H16Cl2N4O. The quantitative estimate of drug-likeness (QED) is 0.501. The van der Waals surface area contributed by atoms with E-state index in [1.165, 1.54) is 0 Å². The molecule has 1 amide bonds. The lowest BCUT2D eigenvalue weighted by Gasteiger charge is -2.11. The van der Waals surface area contributed by atoms with Crippen LogP contribution in [0.1, 0.15) is 11.1 Å². The van der Waals surface area contributed by atoms with E-state index in [1.807, 2.05) is 30.5 Å². The summed E-state index contributed by atoms with van der Waals surface area (Å²) in [5, 5.41) is 9.36. The molecule has 2 heterocycles. The third kappa shape index (κ3) is 3.70. The van der Waals surface area contributed by atoms with Gasteiger partial charge in [0.25, 0.3) is 0 Å². The number of hydrogen-bond donors (Lipinski definition) is 2. The summed E-state index contributed by atoms with van der Waals surface area (Å²) in [6, 6.07) is 15.0. The number of halogens is 2. The van der Waals surface area contributed by atoms with Gasteiger partial charge >= 0.3 is 0 Å². The summed E-state index contributed by atoms with van der Waals surface area (Å²) >= 11 is 12.5. The topological polar surface area (TPSA) is 62.7 Å². The highest BCUT2D eigenvalue weighted by Gasteiger charge is 2.13. The van der Waals surface area contributed by atoms with Crippen LogP contribution < -0.4 is 5.32 Å². The van der Waals surface area contributed by atoms with Gasteiger partial charge in [0, 0.05) is 38.8 Å². The number of amides is 1. The zero-order valence-corrected chi connectivity index (χ0v) is 15.8. The van der Waals surface area contributed by atoms with Gasteiger partial charge in [-0.3, -0.25) is 4.79 Å². The number of carbonyl (C=O) groups is 1. The van der Waals surface area contributed by atoms with Gasteiger partial charge in [-0.15, -0.1) is 0 Å². The standard InChI is InChI=1S/C20H16Cl2N4O/c21-16-5-3-6-17(22)15(16)12-26-19(8-9-24-26)25-20(27)10-13-11-23-18-7-2-1-4-14(13)18/h1-9,11,23H,10,12H2,(H,25,27). The van der Waals surface area contributed by atoms with Gasteiger partial charge in [-0.1, -0.05) is 47.5 Å². The number of benzene rings is 2. The molecule has 7 heteroatoms. The molecule has 0 saturated carbocycles. The summed E-state index contributed by atoms with van der Waals surface area (Å²) < 4.78 is 1.67. The Kier molecular flexibility index (Phi) is 4.88. The number of nitrogens with zero attached hydrogens (tertiary/aromatic N) is 2. The maximum Gasteiger partial charge on any atom is 0.230 e. The molecule has 0 fully saturated rings. The lowest BCUT2D eigenvalue weighted by Crippen LogP contribution is -2.18. The number of aromatic nitrogens is 3. The molecule has 2 N–H and O–H groups in total. The Morgan fingerprint density at radius 3 is 2.67 bits per heavy atom. The van der Waals surface area contributed by atoms with Gasteiger partial charge in [-0.05, 0) is 23.8 Å². The minimum atomic E-state index is -0.119. The molecule has 0 bridgehead atoms. The number of hydrogen-bond acceptors (Lipinski definition) is 2. The number of anilines is 1. The lowest BCUT2D eigenvalue weighted by atomic mass is 10.1. The van der Waals surface area contributed by atoms with Crippen molar-refractivity contribution in [1.82, 2.24) is 14.8 Å². The van der Waals surface area contributed by atoms with E-state index in [0.29, 0.717) is 22.4 Å². The molecule has 136 valence electrons. The Balaban J connectivity index is 1.50. The molecule has 0 radical (unpaired) electrons. The van der Waals surface area contributed by atoms with Crippen molar-refractivity contribution in [2.75, 3.05) is 5.32 Å². The van der Waals surface area contributed by atoms with Gasteiger partial charge in [0.2, 0.25) is 5.91 Å². The van der Waals surface area contributed by atoms with Crippen molar-refractivity contribution in [1.29, 1.82) is 0 Å². The van der Waals surface area contributed by atoms with Gasteiger partial charge in [-0.25, -0.2) is 4.68 Å². The van der Waals surface area contributed by atoms with Gasteiger partial charge in [0.05, 0.1) is 19.2 Å². The highest BCUT2D eigenvalue weighted by atomic mass is 35.5. The van der Waals surface area contributed by atoms with Gasteiger partial charge in [-0.2, -0.15) is 5.10 Å². The zero-order chi connectivity index (χ0) is 18.8. The van der Waals surface area contributed by atoms with Crippen molar-refractivity contribution in [3.8, 4) is 0 Å². The predicted molar refractivity (Wildman–Crippen MR) is 108 cm³/mol. The van der Waals surface area contributed by atoms with E-state index >= 15 is 0 Å². The Morgan fingerprint density at radius 2 is 1.85 bits per heavy atom. The van der Waals surface area contributed by atoms with Crippen LogP contribution in [0.3, 0.4) is 0 Å². The summed E-state index contributed by atoms with van der Waals surface area (Å²) in [6.07, 6.45) is 3.76. The van der Waals surface area contributed by atoms with Crippen LogP contribution in [0.4, 0.5) is 5.82 Å². The molecule has 0 aliphatic heterocycles. The van der Waals surface area contributed by atoms with Gasteiger partial charge in [0.15, 0.2) is 0 Å². The predicted octanol–water partition coefficient (Wildman–Crippen LogP) is 4.90. The van der Waals surface area contributed by atoms with E-state index in [0.717, 1.165) is 22.0 Å². The van der Waals surface area contributed by atoms with Crippen LogP contribution in [0, 0.1) is 0 Å². The molecule has 0 aliphatic carbocycles. The lowest BCUT2D eigenvalue weighted by molar-refractivity contribution is -0.115. The number of para-hydroxylation sites is 1. The summed E-state index contributed by atoms with van der Waals surface area (Å²) in [5.74, 6) is 0.475. The van der Waals surface area contributed by atoms with Crippen LogP contribution in [0.15, 0.2) is 60.9 Å². The van der Waals surface area contributed by atoms with Crippen LogP contribution in [-0.2, 0) is 17.8 Å². The average Bonchev–Trinajstić information content (AvgIpc) is 3.26. The molecule has 4 rings (SSSR count). The Morgan fingerprint density at radius 1 is 1.07 bits per heavy atom. The number of aromatic amines is 1. The fraction of sp³-hybridized carbons (Fsp3) is 0.100. The normalized spacial score (nSPS) is 11.0. The van der Waals surface area contributed by atoms with Crippen LogP contribution in [-0.4, -0.2) is 20.7 Å². The molecule has 4 aromatic rings. The average molecular weight is 399 g/mol. The first-order chi connectivity index (χ1) is 13.1. The third-order valence-electron chi connectivity index (χ3n) is 4.38. The first-order valence-electron chi connectivity index (χ1n) is 8.41. The molecule has 5 nitrogen and oxygen atoms in total. The summed E-state index contributed by atoms with van der Waals surface area (Å²) in [4.78, 5) is 15.7. The monoisotopic (exact) mass is 398 g/mol. The van der Waals surface area contributed by atoms with Crippen molar-refractivity contribution in [2.24, 2.45) is 0 Å². The fourth-order valence-electron chi connectivity index (χ4n) is 3.04. The van der Waals surface area contributed by atoms with Gasteiger partial charge < -0.3 is 10.3 Å². The summed E-state index contributed by atoms with van der Waals surface area (Å²) in [6.45, 7) is 0.369. The minimum absolute atomic E-state index is 0.119. The van der Waals surface area contributed by atoms with Crippen molar-refractivity contribution in [3.05, 3.63) is 82.1 Å². The smallest absolute Gasteiger partial charge is 0.230 e. The molecule has 0 unspecified atom stereocenters. The highest BCUT2D eigenvalue weighted by Crippen LogP contribution is 2.26. The van der Waals surface area contributed by atoms with E-state index in [9.17, 15) is 4.79 Å². The number of carbonyl (C=O) groups excluding carboxylic acids is 1. The van der Waals surface area contributed by atoms with E-state index in [1.54, 1.807) is 35.1 Å². The largest absolute Gasteiger partial charge is 0.361 e. The minimum Gasteiger partial charge on any atom is -0.361 e. The molecule has 0 spiro atoms. The fourth-order valence-corrected chi connectivity index (χ4v) is 3.55. The molecular weight excluding hydrogens is 383 g/mol. The molecule has 2 aromatic carbocycles. The van der Waals surface area contributed by atoms with Crippen molar-refractivity contribution in [2.45, 2.75) is 13.0 Å². The number of nitrogens with one attached hydrogen (secondary N) is 2. The van der Waals surface area contributed by atoms with Crippen LogP contribution in [0.25, 0.3) is 10.9 Å². The Labute approximate surface area is 165 Å². The molecule has 27 heavy (non-hydrogen) atoms. The van der Waals surface area contributed by atoms with Crippen molar-refractivity contribution < 1.29 is 4.79 Å². The zero-order valence-electron chi connectivity index (χ0n) is 14.2. The first-order valence-corrected chi connectivity index (χ1v) is 9.17. The Hall–Kier alpha value is -2.76. The summed E-state index contributed by atoms with van der Waals surface area (Å²) in [7, 11) is 0. The van der Waals surface area contributed by atoms with E-state index in [-0.39, 0.29) is 12.3 Å². The molecule has 0 aliphatic rings. The SMILES string of the molecule is O=C(Cc1c[nH]c2ccccc12)Nc1ccnn1Cc1c(Cl)cccc1Cl.